The van der Waals surface area contributed by atoms with E-state index in [0.29, 0.717) is 0 Å². The molecule has 0 aliphatic rings. The van der Waals surface area contributed by atoms with Gasteiger partial charge in [-0.1, -0.05) is 18.7 Å². The molecule has 2 N–H and O–H groups in total. The van der Waals surface area contributed by atoms with Gasteiger partial charge in [0.15, 0.2) is 0 Å². The smallest absolute Gasteiger partial charge is 0.00299 e. The lowest BCUT2D eigenvalue weighted by molar-refractivity contribution is 0.998. The Morgan fingerprint density at radius 1 is 0.714 bits per heavy atom. The monoisotopic (exact) mass is 198 g/mol. The van der Waals surface area contributed by atoms with E-state index in [1.54, 1.807) is 0 Å². The summed E-state index contributed by atoms with van der Waals surface area (Å²) in [4.78, 5) is 0. The van der Waals surface area contributed by atoms with Crippen LogP contribution >= 0.6 is 0 Å². The standard InChI is InChI=1S/2C4H9N.C4H8/c2*1-4(2)5-3;1-4(2)3/h2*5H,1H2,2-3H3;1H2,2-3H3. The lowest BCUT2D eigenvalue weighted by Gasteiger charge is -1.87. The van der Waals surface area contributed by atoms with E-state index in [1.807, 2.05) is 41.8 Å². The van der Waals surface area contributed by atoms with Gasteiger partial charge in [0.05, 0.1) is 0 Å². The van der Waals surface area contributed by atoms with Crippen LogP contribution < -0.4 is 10.6 Å². The van der Waals surface area contributed by atoms with Crippen LogP contribution in [-0.2, 0) is 0 Å². The van der Waals surface area contributed by atoms with Crippen molar-refractivity contribution in [3.63, 3.8) is 0 Å². The molecule has 0 rings (SSSR count). The minimum absolute atomic E-state index is 1.00. The van der Waals surface area contributed by atoms with Crippen molar-refractivity contribution in [1.82, 2.24) is 10.6 Å². The fraction of sp³-hybridized carbons (Fsp3) is 0.500. The van der Waals surface area contributed by atoms with E-state index >= 15 is 0 Å². The van der Waals surface area contributed by atoms with E-state index in [0.717, 1.165) is 11.4 Å². The molecule has 0 fully saturated rings. The molecule has 14 heavy (non-hydrogen) atoms. The lowest BCUT2D eigenvalue weighted by Crippen LogP contribution is -1.98. The number of hydrogen-bond acceptors (Lipinski definition) is 2. The first-order chi connectivity index (χ1) is 6.27. The Kier molecular flexibility index (Phi) is 19.0. The van der Waals surface area contributed by atoms with E-state index in [2.05, 4.69) is 30.4 Å². The molecule has 0 unspecified atom stereocenters. The van der Waals surface area contributed by atoms with Crippen LogP contribution in [0.1, 0.15) is 27.7 Å². The van der Waals surface area contributed by atoms with Gasteiger partial charge in [0.1, 0.15) is 0 Å². The zero-order valence-corrected chi connectivity index (χ0v) is 10.6. The molecule has 0 spiro atoms. The maximum atomic E-state index is 3.56. The maximum absolute atomic E-state index is 3.56. The van der Waals surface area contributed by atoms with Crippen molar-refractivity contribution >= 4 is 0 Å². The number of allylic oxidation sites excluding steroid dienone is 3. The van der Waals surface area contributed by atoms with Crippen molar-refractivity contribution in [2.24, 2.45) is 0 Å². The Morgan fingerprint density at radius 3 is 0.786 bits per heavy atom. The summed E-state index contributed by atoms with van der Waals surface area (Å²) in [6.07, 6.45) is 0. The van der Waals surface area contributed by atoms with Gasteiger partial charge in [-0.05, 0) is 39.1 Å². The van der Waals surface area contributed by atoms with Crippen molar-refractivity contribution in [3.8, 4) is 0 Å². The Hall–Kier alpha value is -1.18. The minimum atomic E-state index is 1.00. The van der Waals surface area contributed by atoms with Gasteiger partial charge in [0, 0.05) is 14.1 Å². The molecule has 0 aromatic carbocycles. The van der Waals surface area contributed by atoms with E-state index in [-0.39, 0.29) is 0 Å². The highest BCUT2D eigenvalue weighted by Crippen LogP contribution is 1.73. The van der Waals surface area contributed by atoms with Crippen LogP contribution in [0.25, 0.3) is 0 Å². The first-order valence-electron chi connectivity index (χ1n) is 4.56. The SMILES string of the molecule is C=C(C)C.C=C(C)NC.C=C(C)NC. The van der Waals surface area contributed by atoms with Gasteiger partial charge >= 0.3 is 0 Å². The van der Waals surface area contributed by atoms with Gasteiger partial charge in [-0.15, -0.1) is 6.58 Å². The highest BCUT2D eigenvalue weighted by molar-refractivity contribution is 4.81. The molecule has 0 atom stereocenters. The number of nitrogens with one attached hydrogen (secondary N) is 2. The van der Waals surface area contributed by atoms with E-state index < -0.39 is 0 Å². The van der Waals surface area contributed by atoms with Crippen LogP contribution in [0.5, 0.6) is 0 Å². The molecule has 0 bridgehead atoms. The summed E-state index contributed by atoms with van der Waals surface area (Å²) >= 11 is 0. The Balaban J connectivity index is -0.000000131. The highest BCUT2D eigenvalue weighted by Gasteiger charge is 1.63. The second-order valence-corrected chi connectivity index (χ2v) is 3.27. The molecule has 0 aliphatic heterocycles. The van der Waals surface area contributed by atoms with Crippen LogP contribution in [-0.4, -0.2) is 14.1 Å². The fourth-order valence-corrected chi connectivity index (χ4v) is 0. The molecular weight excluding hydrogens is 172 g/mol. The van der Waals surface area contributed by atoms with Crippen LogP contribution in [0.2, 0.25) is 0 Å². The highest BCUT2D eigenvalue weighted by atomic mass is 14.8. The van der Waals surface area contributed by atoms with Crippen LogP contribution in [0, 0.1) is 0 Å². The lowest BCUT2D eigenvalue weighted by atomic mass is 10.4. The summed E-state index contributed by atoms with van der Waals surface area (Å²) in [6, 6.07) is 0. The summed E-state index contributed by atoms with van der Waals surface area (Å²) in [7, 11) is 3.70. The normalized spacial score (nSPS) is 6.71. The molecule has 0 radical (unpaired) electrons. The van der Waals surface area contributed by atoms with Gasteiger partial charge in [0.2, 0.25) is 0 Å². The molecule has 0 aromatic rings. The summed E-state index contributed by atoms with van der Waals surface area (Å²) in [5.74, 6) is 0. The van der Waals surface area contributed by atoms with Crippen molar-refractivity contribution in [2.75, 3.05) is 14.1 Å². The third kappa shape index (κ3) is 131. The summed E-state index contributed by atoms with van der Waals surface area (Å²) < 4.78 is 0. The van der Waals surface area contributed by atoms with Crippen molar-refractivity contribution in [2.45, 2.75) is 27.7 Å². The first-order valence-corrected chi connectivity index (χ1v) is 4.56. The predicted octanol–water partition coefficient (Wildman–Crippen LogP) is 3.06. The molecule has 0 heterocycles. The summed E-state index contributed by atoms with van der Waals surface area (Å²) in [5.41, 5.74) is 3.18. The van der Waals surface area contributed by atoms with Crippen molar-refractivity contribution < 1.29 is 0 Å². The third-order valence-corrected chi connectivity index (χ3v) is 0.854. The van der Waals surface area contributed by atoms with Crippen LogP contribution in [0.3, 0.4) is 0 Å². The van der Waals surface area contributed by atoms with Gasteiger partial charge in [-0.3, -0.25) is 0 Å². The summed E-state index contributed by atoms with van der Waals surface area (Å²) in [6.45, 7) is 18.5. The maximum Gasteiger partial charge on any atom is 0.00299 e. The molecule has 2 nitrogen and oxygen atoms in total. The first kappa shape index (κ1) is 18.6. The minimum Gasteiger partial charge on any atom is -0.392 e. The van der Waals surface area contributed by atoms with Crippen molar-refractivity contribution in [1.29, 1.82) is 0 Å². The molecule has 0 amide bonds. The van der Waals surface area contributed by atoms with E-state index in [4.69, 9.17) is 0 Å². The Morgan fingerprint density at radius 2 is 0.786 bits per heavy atom. The number of hydrogen-bond donors (Lipinski definition) is 2. The quantitative estimate of drug-likeness (QED) is 0.666. The second-order valence-electron chi connectivity index (χ2n) is 3.27. The topological polar surface area (TPSA) is 24.1 Å². The van der Waals surface area contributed by atoms with E-state index in [1.165, 1.54) is 5.57 Å². The van der Waals surface area contributed by atoms with Gasteiger partial charge in [0.25, 0.3) is 0 Å². The average molecular weight is 198 g/mol. The molecular formula is C12H26N2. The Labute approximate surface area is 89.8 Å². The molecule has 2 heteroatoms. The largest absolute Gasteiger partial charge is 0.392 e. The van der Waals surface area contributed by atoms with Gasteiger partial charge < -0.3 is 10.6 Å². The third-order valence-electron chi connectivity index (χ3n) is 0.854. The molecule has 0 saturated carbocycles. The summed E-state index contributed by atoms with van der Waals surface area (Å²) in [5, 5.41) is 5.67. The van der Waals surface area contributed by atoms with Gasteiger partial charge in [-0.25, -0.2) is 0 Å². The zero-order valence-electron chi connectivity index (χ0n) is 10.6. The van der Waals surface area contributed by atoms with Crippen LogP contribution in [0.4, 0.5) is 0 Å². The average Bonchev–Trinajstić information content (AvgIpc) is 2.04. The molecule has 0 aromatic heterocycles. The molecule has 0 saturated heterocycles. The Bertz CT molecular complexity index is 151. The fourth-order valence-electron chi connectivity index (χ4n) is 0. The van der Waals surface area contributed by atoms with Crippen LogP contribution in [0.15, 0.2) is 36.7 Å². The second kappa shape index (κ2) is 14.3. The number of rotatable bonds is 2. The predicted molar refractivity (Wildman–Crippen MR) is 68.2 cm³/mol. The van der Waals surface area contributed by atoms with Crippen molar-refractivity contribution in [3.05, 3.63) is 36.7 Å². The molecule has 0 aliphatic carbocycles. The molecule has 84 valence electrons. The van der Waals surface area contributed by atoms with Gasteiger partial charge in [-0.2, -0.15) is 0 Å². The zero-order chi connectivity index (χ0) is 12.1. The van der Waals surface area contributed by atoms with E-state index in [9.17, 15) is 0 Å².